The van der Waals surface area contributed by atoms with Gasteiger partial charge in [0, 0.05) is 19.0 Å². The van der Waals surface area contributed by atoms with Gasteiger partial charge in [-0.25, -0.2) is 0 Å². The lowest BCUT2D eigenvalue weighted by Gasteiger charge is -2.26. The molecule has 0 bridgehead atoms. The molecule has 98 valence electrons. The lowest BCUT2D eigenvalue weighted by atomic mass is 9.95. The minimum absolute atomic E-state index is 0.240. The molecule has 0 fully saturated rings. The third-order valence-electron chi connectivity index (χ3n) is 2.59. The quantitative estimate of drug-likeness (QED) is 0.565. The molecule has 0 unspecified atom stereocenters. The van der Waals surface area contributed by atoms with Crippen molar-refractivity contribution in [3.63, 3.8) is 0 Å². The van der Waals surface area contributed by atoms with Crippen molar-refractivity contribution in [2.45, 2.75) is 40.0 Å². The average Bonchev–Trinajstić information content (AvgIpc) is 2.13. The van der Waals surface area contributed by atoms with Gasteiger partial charge in [-0.05, 0) is 31.1 Å². The Labute approximate surface area is 104 Å². The van der Waals surface area contributed by atoms with Gasteiger partial charge in [0.05, 0.1) is 0 Å². The van der Waals surface area contributed by atoms with Crippen molar-refractivity contribution < 1.29 is 4.79 Å². The fourth-order valence-electron chi connectivity index (χ4n) is 1.63. The minimum atomic E-state index is -0.240. The summed E-state index contributed by atoms with van der Waals surface area (Å²) >= 11 is 0. The van der Waals surface area contributed by atoms with E-state index in [1.165, 1.54) is 18.6 Å². The number of carbonyl (C=O) groups excluding carboxylic acids is 1. The van der Waals surface area contributed by atoms with Crippen LogP contribution in [0.3, 0.4) is 0 Å². The average molecular weight is 247 g/mol. The number of unbranched alkanes of at least 4 members (excludes halogenated alkanes) is 2. The fourth-order valence-corrected chi connectivity index (χ4v) is 2.48. The van der Waals surface area contributed by atoms with Crippen molar-refractivity contribution >= 4 is 16.8 Å². The van der Waals surface area contributed by atoms with E-state index in [1.54, 1.807) is 0 Å². The van der Waals surface area contributed by atoms with E-state index in [9.17, 15) is 4.79 Å². The van der Waals surface area contributed by atoms with Gasteiger partial charge >= 0.3 is 0 Å². The first kappa shape index (κ1) is 15.8. The van der Waals surface area contributed by atoms with E-state index in [0.717, 1.165) is 13.0 Å². The van der Waals surface area contributed by atoms with Crippen molar-refractivity contribution in [2.75, 3.05) is 31.9 Å². The first-order valence-corrected chi connectivity index (χ1v) is 8.57. The van der Waals surface area contributed by atoms with Gasteiger partial charge in [0.2, 0.25) is 5.91 Å². The first-order chi connectivity index (χ1) is 7.25. The van der Waals surface area contributed by atoms with E-state index >= 15 is 0 Å². The number of nitrogens with zero attached hydrogens (tertiary/aromatic N) is 1. The largest absolute Gasteiger partial charge is 0.345 e. The molecule has 0 aliphatic rings. The fraction of sp³-hybridized carbons (Fsp3) is 0.923. The van der Waals surface area contributed by atoms with Crippen LogP contribution in [0.1, 0.15) is 40.0 Å². The minimum Gasteiger partial charge on any atom is -0.345 e. The molecule has 0 aromatic heterocycles. The van der Waals surface area contributed by atoms with Gasteiger partial charge < -0.3 is 4.90 Å². The highest BCUT2D eigenvalue weighted by Crippen LogP contribution is 2.18. The lowest BCUT2D eigenvalue weighted by molar-refractivity contribution is -0.138. The molecular formula is C13H29NOS. The van der Waals surface area contributed by atoms with Gasteiger partial charge in [-0.3, -0.25) is 15.7 Å². The maximum atomic E-state index is 11.9. The van der Waals surface area contributed by atoms with Crippen molar-refractivity contribution in [1.29, 1.82) is 0 Å². The maximum Gasteiger partial charge on any atom is 0.227 e. The van der Waals surface area contributed by atoms with Gasteiger partial charge in [0.15, 0.2) is 0 Å². The van der Waals surface area contributed by atoms with Crippen molar-refractivity contribution in [1.82, 2.24) is 4.90 Å². The third-order valence-corrected chi connectivity index (χ3v) is 3.80. The Hall–Kier alpha value is -0.180. The van der Waals surface area contributed by atoms with E-state index in [0.29, 0.717) is 0 Å². The molecule has 0 saturated carbocycles. The topological polar surface area (TPSA) is 20.3 Å². The molecule has 3 heteroatoms. The molecule has 0 aromatic rings. The Morgan fingerprint density at radius 2 is 1.69 bits per heavy atom. The number of hydrogen-bond donors (Lipinski definition) is 1. The first-order valence-electron chi connectivity index (χ1n) is 6.15. The van der Waals surface area contributed by atoms with Crippen molar-refractivity contribution in [3.8, 4) is 0 Å². The second-order valence-electron chi connectivity index (χ2n) is 5.84. The molecule has 2 nitrogen and oxygen atoms in total. The second-order valence-corrected chi connectivity index (χ2v) is 8.45. The van der Waals surface area contributed by atoms with Crippen LogP contribution in [0, 0.1) is 5.41 Å². The third kappa shape index (κ3) is 7.15. The van der Waals surface area contributed by atoms with E-state index in [1.807, 2.05) is 32.7 Å². The zero-order valence-corrected chi connectivity index (χ0v) is 12.7. The number of thiol groups is 1. The normalized spacial score (nSPS) is 12.5. The van der Waals surface area contributed by atoms with Crippen LogP contribution < -0.4 is 0 Å². The summed E-state index contributed by atoms with van der Waals surface area (Å²) in [7, 11) is 2.17. The van der Waals surface area contributed by atoms with Crippen LogP contribution in [0.15, 0.2) is 0 Å². The summed E-state index contributed by atoms with van der Waals surface area (Å²) in [6.45, 7) is 6.84. The summed E-state index contributed by atoms with van der Waals surface area (Å²) in [6.07, 6.45) is 8.36. The van der Waals surface area contributed by atoms with Crippen LogP contribution in [0.25, 0.3) is 0 Å². The molecule has 0 spiro atoms. The molecule has 0 saturated heterocycles. The van der Waals surface area contributed by atoms with Gasteiger partial charge in [-0.1, -0.05) is 27.2 Å². The lowest BCUT2D eigenvalue weighted by Crippen LogP contribution is -2.37. The smallest absolute Gasteiger partial charge is 0.227 e. The Bertz CT molecular complexity index is 208. The van der Waals surface area contributed by atoms with Gasteiger partial charge in [0.25, 0.3) is 0 Å². The predicted molar refractivity (Wildman–Crippen MR) is 76.6 cm³/mol. The number of rotatable bonds is 6. The van der Waals surface area contributed by atoms with E-state index < -0.39 is 0 Å². The van der Waals surface area contributed by atoms with E-state index in [-0.39, 0.29) is 22.2 Å². The molecule has 16 heavy (non-hydrogen) atoms. The van der Waals surface area contributed by atoms with Crippen LogP contribution in [-0.2, 0) is 4.79 Å². The highest BCUT2D eigenvalue weighted by molar-refractivity contribution is 8.15. The monoisotopic (exact) mass is 247 g/mol. The van der Waals surface area contributed by atoms with E-state index in [2.05, 4.69) is 12.5 Å². The van der Waals surface area contributed by atoms with Gasteiger partial charge in [-0.2, -0.15) is 0 Å². The summed E-state index contributed by atoms with van der Waals surface area (Å²) < 4.78 is 0. The Balaban J connectivity index is 3.66. The highest BCUT2D eigenvalue weighted by Gasteiger charge is 2.24. The standard InChI is InChI=1S/C13H29NOS/c1-13(2,3)12(15)14(4)10-8-7-9-11-16(5)6/h16H,7-11H2,1-6H3. The summed E-state index contributed by atoms with van der Waals surface area (Å²) in [4.78, 5) is 13.7. The molecular weight excluding hydrogens is 218 g/mol. The molecule has 0 aliphatic carbocycles. The molecule has 1 amide bonds. The van der Waals surface area contributed by atoms with Crippen LogP contribution in [-0.4, -0.2) is 42.7 Å². The summed E-state index contributed by atoms with van der Waals surface area (Å²) in [5.41, 5.74) is -0.240. The molecule has 0 radical (unpaired) electrons. The Kier molecular flexibility index (Phi) is 7.12. The second kappa shape index (κ2) is 7.21. The summed E-state index contributed by atoms with van der Waals surface area (Å²) in [5.74, 6) is 1.62. The Morgan fingerprint density at radius 1 is 1.12 bits per heavy atom. The number of carbonyl (C=O) groups is 1. The van der Waals surface area contributed by atoms with E-state index in [4.69, 9.17) is 0 Å². The maximum absolute atomic E-state index is 11.9. The van der Waals surface area contributed by atoms with Gasteiger partial charge in [0.1, 0.15) is 0 Å². The molecule has 0 heterocycles. The number of amides is 1. The van der Waals surface area contributed by atoms with Gasteiger partial charge in [-0.15, -0.1) is 0 Å². The summed E-state index contributed by atoms with van der Waals surface area (Å²) in [6, 6.07) is 0. The van der Waals surface area contributed by atoms with Crippen LogP contribution in [0.2, 0.25) is 0 Å². The van der Waals surface area contributed by atoms with Crippen LogP contribution in [0.4, 0.5) is 0 Å². The number of hydrogen-bond acceptors (Lipinski definition) is 1. The zero-order chi connectivity index (χ0) is 12.8. The molecule has 0 N–H and O–H groups in total. The molecule has 0 aromatic carbocycles. The molecule has 0 aliphatic heterocycles. The molecule has 0 rings (SSSR count). The zero-order valence-electron chi connectivity index (χ0n) is 11.8. The van der Waals surface area contributed by atoms with Crippen molar-refractivity contribution in [2.24, 2.45) is 5.41 Å². The highest BCUT2D eigenvalue weighted by atomic mass is 32.2. The Morgan fingerprint density at radius 3 is 2.12 bits per heavy atom. The molecule has 0 atom stereocenters. The predicted octanol–water partition coefficient (Wildman–Crippen LogP) is 2.92. The summed E-state index contributed by atoms with van der Waals surface area (Å²) in [5, 5.41) is 0. The SMILES string of the molecule is CN(CCCCC[SH](C)C)C(=O)C(C)(C)C. The van der Waals surface area contributed by atoms with Crippen LogP contribution in [0.5, 0.6) is 0 Å². The van der Waals surface area contributed by atoms with Crippen LogP contribution >= 0.6 is 10.9 Å². The van der Waals surface area contributed by atoms with Crippen molar-refractivity contribution in [3.05, 3.63) is 0 Å².